The van der Waals surface area contributed by atoms with E-state index in [2.05, 4.69) is 16.1 Å². The number of terminal acetylenes is 1. The van der Waals surface area contributed by atoms with Gasteiger partial charge in [0, 0.05) is 0 Å². The van der Waals surface area contributed by atoms with Crippen molar-refractivity contribution in [2.75, 3.05) is 19.6 Å². The summed E-state index contributed by atoms with van der Waals surface area (Å²) in [4.78, 5) is 13.8. The van der Waals surface area contributed by atoms with Gasteiger partial charge in [-0.2, -0.15) is 0 Å². The largest absolute Gasteiger partial charge is 0.344 e. The average molecular weight is 194 g/mol. The molecule has 0 aromatic rings. The molecule has 3 heteroatoms. The van der Waals surface area contributed by atoms with Crippen LogP contribution in [0.1, 0.15) is 26.2 Å². The first kappa shape index (κ1) is 11.1. The second-order valence-electron chi connectivity index (χ2n) is 3.69. The van der Waals surface area contributed by atoms with Gasteiger partial charge in [-0.3, -0.25) is 9.69 Å². The third-order valence-corrected chi connectivity index (χ3v) is 2.68. The van der Waals surface area contributed by atoms with Crippen LogP contribution in [0.4, 0.5) is 0 Å². The summed E-state index contributed by atoms with van der Waals surface area (Å²) in [5.41, 5.74) is 0. The third kappa shape index (κ3) is 3.04. The molecule has 1 N–H and O–H groups in total. The van der Waals surface area contributed by atoms with E-state index in [0.29, 0.717) is 6.54 Å². The van der Waals surface area contributed by atoms with Crippen molar-refractivity contribution in [3.8, 4) is 12.3 Å². The topological polar surface area (TPSA) is 32.3 Å². The van der Waals surface area contributed by atoms with E-state index in [1.807, 2.05) is 6.92 Å². The van der Waals surface area contributed by atoms with Crippen molar-refractivity contribution in [1.82, 2.24) is 10.2 Å². The van der Waals surface area contributed by atoms with Crippen LogP contribution < -0.4 is 5.32 Å². The number of hydrogen-bond acceptors (Lipinski definition) is 2. The maximum atomic E-state index is 11.6. The number of nitrogens with zero attached hydrogens (tertiary/aromatic N) is 1. The number of carbonyl (C=O) groups excluding carboxylic acids is 1. The van der Waals surface area contributed by atoms with E-state index in [1.54, 1.807) is 0 Å². The van der Waals surface area contributed by atoms with Crippen molar-refractivity contribution in [2.45, 2.75) is 32.2 Å². The normalized spacial score (nSPS) is 19.7. The molecule has 0 aromatic carbocycles. The number of likely N-dealkylation sites (tertiary alicyclic amines) is 1. The monoisotopic (exact) mass is 194 g/mol. The Morgan fingerprint density at radius 2 is 2.14 bits per heavy atom. The zero-order valence-corrected chi connectivity index (χ0v) is 8.75. The molecule has 3 nitrogen and oxygen atoms in total. The summed E-state index contributed by atoms with van der Waals surface area (Å²) in [6, 6.07) is -0.0383. The van der Waals surface area contributed by atoms with Gasteiger partial charge in [-0.15, -0.1) is 6.42 Å². The zero-order chi connectivity index (χ0) is 10.4. The predicted octanol–water partition coefficient (Wildman–Crippen LogP) is 0.610. The third-order valence-electron chi connectivity index (χ3n) is 2.68. The number of rotatable bonds is 3. The van der Waals surface area contributed by atoms with Gasteiger partial charge in [-0.25, -0.2) is 0 Å². The lowest BCUT2D eigenvalue weighted by Crippen LogP contribution is -2.47. The van der Waals surface area contributed by atoms with Crippen molar-refractivity contribution in [3.05, 3.63) is 0 Å². The van der Waals surface area contributed by atoms with Gasteiger partial charge in [0.2, 0.25) is 5.91 Å². The van der Waals surface area contributed by atoms with E-state index in [-0.39, 0.29) is 11.9 Å². The molecule has 0 saturated carbocycles. The molecule has 1 amide bonds. The predicted molar refractivity (Wildman–Crippen MR) is 56.7 cm³/mol. The molecule has 0 radical (unpaired) electrons. The molecule has 0 spiro atoms. The molecule has 1 saturated heterocycles. The maximum Gasteiger partial charge on any atom is 0.237 e. The van der Waals surface area contributed by atoms with Crippen molar-refractivity contribution in [1.29, 1.82) is 0 Å². The van der Waals surface area contributed by atoms with Gasteiger partial charge in [0.15, 0.2) is 0 Å². The fourth-order valence-corrected chi connectivity index (χ4v) is 1.76. The molecule has 1 unspecified atom stereocenters. The Morgan fingerprint density at radius 1 is 1.50 bits per heavy atom. The molecule has 78 valence electrons. The molecule has 1 rings (SSSR count). The van der Waals surface area contributed by atoms with Crippen LogP contribution in [0.3, 0.4) is 0 Å². The van der Waals surface area contributed by atoms with Crippen LogP contribution in [0.15, 0.2) is 0 Å². The van der Waals surface area contributed by atoms with Crippen molar-refractivity contribution < 1.29 is 4.79 Å². The number of nitrogens with one attached hydrogen (secondary N) is 1. The molecule has 14 heavy (non-hydrogen) atoms. The van der Waals surface area contributed by atoms with E-state index < -0.39 is 0 Å². The molecular weight excluding hydrogens is 176 g/mol. The summed E-state index contributed by atoms with van der Waals surface area (Å²) < 4.78 is 0. The Bertz CT molecular complexity index is 226. The molecule has 1 atom stereocenters. The lowest BCUT2D eigenvalue weighted by atomic mass is 10.1. The van der Waals surface area contributed by atoms with Crippen LogP contribution >= 0.6 is 0 Å². The number of hydrogen-bond donors (Lipinski definition) is 1. The highest BCUT2D eigenvalue weighted by atomic mass is 16.2. The fraction of sp³-hybridized carbons (Fsp3) is 0.727. The minimum absolute atomic E-state index is 0.0383. The van der Waals surface area contributed by atoms with Crippen molar-refractivity contribution >= 4 is 5.91 Å². The second kappa shape index (κ2) is 5.66. The Balaban J connectivity index is 2.35. The van der Waals surface area contributed by atoms with Gasteiger partial charge in [-0.05, 0) is 32.9 Å². The average Bonchev–Trinajstić information content (AvgIpc) is 2.26. The lowest BCUT2D eigenvalue weighted by Gasteiger charge is -2.31. The molecule has 0 aromatic heterocycles. The van der Waals surface area contributed by atoms with Crippen LogP contribution in [0.2, 0.25) is 0 Å². The molecule has 1 fully saturated rings. The molecule has 1 aliphatic rings. The summed E-state index contributed by atoms with van der Waals surface area (Å²) in [7, 11) is 0. The van der Waals surface area contributed by atoms with Gasteiger partial charge < -0.3 is 5.32 Å². The first-order valence-corrected chi connectivity index (χ1v) is 5.21. The Kier molecular flexibility index (Phi) is 4.48. The van der Waals surface area contributed by atoms with Crippen LogP contribution in [0.5, 0.6) is 0 Å². The SMILES string of the molecule is C#CCNC(=O)C(C)N1CCCCC1. The summed E-state index contributed by atoms with van der Waals surface area (Å²) in [6.45, 7) is 4.34. The highest BCUT2D eigenvalue weighted by Crippen LogP contribution is 2.11. The molecular formula is C11H18N2O. The quantitative estimate of drug-likeness (QED) is 0.668. The number of amides is 1. The van der Waals surface area contributed by atoms with Crippen LogP contribution in [-0.4, -0.2) is 36.5 Å². The first-order chi connectivity index (χ1) is 6.75. The Labute approximate surface area is 85.9 Å². The van der Waals surface area contributed by atoms with E-state index in [1.165, 1.54) is 19.3 Å². The van der Waals surface area contributed by atoms with Gasteiger partial charge in [0.25, 0.3) is 0 Å². The summed E-state index contributed by atoms with van der Waals surface area (Å²) in [6.07, 6.45) is 8.77. The van der Waals surface area contributed by atoms with Gasteiger partial charge in [0.05, 0.1) is 12.6 Å². The minimum atomic E-state index is -0.0383. The highest BCUT2D eigenvalue weighted by Gasteiger charge is 2.21. The Morgan fingerprint density at radius 3 is 2.71 bits per heavy atom. The first-order valence-electron chi connectivity index (χ1n) is 5.21. The smallest absolute Gasteiger partial charge is 0.237 e. The standard InChI is InChI=1S/C11H18N2O/c1-3-7-12-11(14)10(2)13-8-5-4-6-9-13/h1,10H,4-9H2,2H3,(H,12,14). The zero-order valence-electron chi connectivity index (χ0n) is 8.75. The fourth-order valence-electron chi connectivity index (χ4n) is 1.76. The van der Waals surface area contributed by atoms with Crippen LogP contribution in [-0.2, 0) is 4.79 Å². The van der Waals surface area contributed by atoms with Crippen molar-refractivity contribution in [2.24, 2.45) is 0 Å². The summed E-state index contributed by atoms with van der Waals surface area (Å²) in [5, 5.41) is 2.71. The Hall–Kier alpha value is -1.01. The van der Waals surface area contributed by atoms with E-state index >= 15 is 0 Å². The summed E-state index contributed by atoms with van der Waals surface area (Å²) in [5.74, 6) is 2.45. The minimum Gasteiger partial charge on any atom is -0.344 e. The summed E-state index contributed by atoms with van der Waals surface area (Å²) >= 11 is 0. The highest BCUT2D eigenvalue weighted by molar-refractivity contribution is 5.81. The number of carbonyl (C=O) groups is 1. The maximum absolute atomic E-state index is 11.6. The second-order valence-corrected chi connectivity index (χ2v) is 3.69. The van der Waals surface area contributed by atoms with Gasteiger partial charge in [0.1, 0.15) is 0 Å². The van der Waals surface area contributed by atoms with Gasteiger partial charge >= 0.3 is 0 Å². The molecule has 0 bridgehead atoms. The lowest BCUT2D eigenvalue weighted by molar-refractivity contribution is -0.125. The van der Waals surface area contributed by atoms with E-state index in [0.717, 1.165) is 13.1 Å². The molecule has 0 aliphatic carbocycles. The number of piperidine rings is 1. The van der Waals surface area contributed by atoms with E-state index in [9.17, 15) is 4.79 Å². The molecule has 1 aliphatic heterocycles. The molecule has 1 heterocycles. The van der Waals surface area contributed by atoms with Gasteiger partial charge in [-0.1, -0.05) is 12.3 Å². The van der Waals surface area contributed by atoms with Crippen LogP contribution in [0, 0.1) is 12.3 Å². The van der Waals surface area contributed by atoms with Crippen molar-refractivity contribution in [3.63, 3.8) is 0 Å². The van der Waals surface area contributed by atoms with Crippen LogP contribution in [0.25, 0.3) is 0 Å². The van der Waals surface area contributed by atoms with E-state index in [4.69, 9.17) is 6.42 Å².